The van der Waals surface area contributed by atoms with Crippen molar-refractivity contribution >= 4 is 16.9 Å². The number of nitrogens with zero attached hydrogens (tertiary/aromatic N) is 4. The van der Waals surface area contributed by atoms with Crippen molar-refractivity contribution in [2.45, 2.75) is 13.3 Å². The van der Waals surface area contributed by atoms with E-state index in [0.29, 0.717) is 25.2 Å². The van der Waals surface area contributed by atoms with Gasteiger partial charge in [-0.1, -0.05) is 0 Å². The fourth-order valence-electron chi connectivity index (χ4n) is 2.52. The molecule has 0 saturated heterocycles. The van der Waals surface area contributed by atoms with Crippen molar-refractivity contribution in [3.8, 4) is 17.3 Å². The van der Waals surface area contributed by atoms with Crippen molar-refractivity contribution in [3.05, 3.63) is 36.5 Å². The number of amides is 1. The van der Waals surface area contributed by atoms with Crippen molar-refractivity contribution in [1.29, 1.82) is 5.26 Å². The van der Waals surface area contributed by atoms with E-state index in [1.807, 2.05) is 19.2 Å². The van der Waals surface area contributed by atoms with E-state index in [2.05, 4.69) is 26.0 Å². The van der Waals surface area contributed by atoms with Crippen LogP contribution in [0.3, 0.4) is 0 Å². The maximum Gasteiger partial charge on any atom is 0.270 e. The Morgan fingerprint density at radius 3 is 3.04 bits per heavy atom. The Hall–Kier alpha value is -3.14. The largest absolute Gasteiger partial charge is 0.357 e. The second-order valence-electron chi connectivity index (χ2n) is 5.06. The minimum Gasteiger partial charge on any atom is -0.357 e. The molecule has 0 bridgehead atoms. The van der Waals surface area contributed by atoms with E-state index in [1.54, 1.807) is 17.2 Å². The predicted octanol–water partition coefficient (Wildman–Crippen LogP) is 2.33. The van der Waals surface area contributed by atoms with Gasteiger partial charge in [0.25, 0.3) is 5.91 Å². The Labute approximate surface area is 133 Å². The molecule has 0 aliphatic rings. The van der Waals surface area contributed by atoms with Crippen LogP contribution in [0.2, 0.25) is 0 Å². The monoisotopic (exact) mass is 308 g/mol. The molecular formula is C16H16N6O. The Kier molecular flexibility index (Phi) is 4.06. The van der Waals surface area contributed by atoms with Gasteiger partial charge in [0.1, 0.15) is 17.7 Å². The molecule has 0 spiro atoms. The number of nitriles is 1. The molecule has 23 heavy (non-hydrogen) atoms. The molecule has 3 aromatic rings. The number of H-pyrrole nitrogens is 2. The number of aromatic amines is 2. The van der Waals surface area contributed by atoms with Gasteiger partial charge in [0.05, 0.1) is 18.2 Å². The summed E-state index contributed by atoms with van der Waals surface area (Å²) < 4.78 is 0. The predicted molar refractivity (Wildman–Crippen MR) is 85.5 cm³/mol. The average molecular weight is 308 g/mol. The maximum atomic E-state index is 12.5. The van der Waals surface area contributed by atoms with E-state index < -0.39 is 0 Å². The first-order valence-corrected chi connectivity index (χ1v) is 7.37. The normalized spacial score (nSPS) is 10.6. The molecule has 0 saturated carbocycles. The Balaban J connectivity index is 1.90. The van der Waals surface area contributed by atoms with Crippen LogP contribution in [0.5, 0.6) is 0 Å². The highest BCUT2D eigenvalue weighted by molar-refractivity contribution is 5.96. The lowest BCUT2D eigenvalue weighted by molar-refractivity contribution is 0.0762. The number of rotatable bonds is 5. The second-order valence-corrected chi connectivity index (χ2v) is 5.06. The highest BCUT2D eigenvalue weighted by Gasteiger charge is 2.17. The van der Waals surface area contributed by atoms with Crippen LogP contribution in [0.4, 0.5) is 0 Å². The van der Waals surface area contributed by atoms with Crippen molar-refractivity contribution in [3.63, 3.8) is 0 Å². The van der Waals surface area contributed by atoms with E-state index in [9.17, 15) is 4.79 Å². The molecule has 3 aromatic heterocycles. The Bertz CT molecular complexity index is 872. The average Bonchev–Trinajstić information content (AvgIpc) is 3.24. The lowest BCUT2D eigenvalue weighted by atomic mass is 10.1. The molecule has 0 radical (unpaired) electrons. The molecule has 0 aliphatic carbocycles. The number of carbonyl (C=O) groups is 1. The molecule has 0 unspecified atom stereocenters. The summed E-state index contributed by atoms with van der Waals surface area (Å²) in [5, 5.41) is 9.59. The number of hydrogen-bond acceptors (Lipinski definition) is 4. The van der Waals surface area contributed by atoms with Gasteiger partial charge in [-0.2, -0.15) is 5.26 Å². The van der Waals surface area contributed by atoms with Crippen LogP contribution in [0.1, 0.15) is 23.8 Å². The molecular weight excluding hydrogens is 292 g/mol. The molecule has 1 amide bonds. The molecule has 116 valence electrons. The number of carbonyl (C=O) groups excluding carboxylic acids is 1. The van der Waals surface area contributed by atoms with Crippen molar-refractivity contribution < 1.29 is 4.79 Å². The van der Waals surface area contributed by atoms with E-state index in [0.717, 1.165) is 22.3 Å². The molecule has 7 nitrogen and oxygen atoms in total. The zero-order valence-electron chi connectivity index (χ0n) is 12.7. The topological polar surface area (TPSA) is 101 Å². The minimum atomic E-state index is -0.117. The van der Waals surface area contributed by atoms with E-state index >= 15 is 0 Å². The van der Waals surface area contributed by atoms with Gasteiger partial charge in [-0.15, -0.1) is 0 Å². The fraction of sp³-hybridized carbons (Fsp3) is 0.250. The first-order chi connectivity index (χ1) is 11.2. The van der Waals surface area contributed by atoms with Crippen LogP contribution in [0.25, 0.3) is 22.3 Å². The smallest absolute Gasteiger partial charge is 0.270 e. The van der Waals surface area contributed by atoms with Gasteiger partial charge in [-0.05, 0) is 19.1 Å². The molecule has 3 heterocycles. The number of hydrogen-bond donors (Lipinski definition) is 2. The SMILES string of the molecule is CCN(CCC#N)C(=O)c1cc(-c2ncnc3[nH]ccc23)c[nH]1. The third-order valence-electron chi connectivity index (χ3n) is 3.70. The highest BCUT2D eigenvalue weighted by atomic mass is 16.2. The fourth-order valence-corrected chi connectivity index (χ4v) is 2.52. The molecule has 0 fully saturated rings. The summed E-state index contributed by atoms with van der Waals surface area (Å²) in [6, 6.07) is 5.75. The summed E-state index contributed by atoms with van der Waals surface area (Å²) >= 11 is 0. The Morgan fingerprint density at radius 1 is 1.39 bits per heavy atom. The van der Waals surface area contributed by atoms with Gasteiger partial charge in [-0.3, -0.25) is 4.79 Å². The van der Waals surface area contributed by atoms with Crippen LogP contribution in [0, 0.1) is 11.3 Å². The van der Waals surface area contributed by atoms with Gasteiger partial charge in [0.15, 0.2) is 0 Å². The van der Waals surface area contributed by atoms with Crippen LogP contribution in [-0.2, 0) is 0 Å². The van der Waals surface area contributed by atoms with Crippen LogP contribution in [-0.4, -0.2) is 43.8 Å². The van der Waals surface area contributed by atoms with Crippen LogP contribution < -0.4 is 0 Å². The number of nitrogens with one attached hydrogen (secondary N) is 2. The molecule has 3 rings (SSSR count). The van der Waals surface area contributed by atoms with E-state index in [1.165, 1.54) is 6.33 Å². The molecule has 0 aromatic carbocycles. The summed E-state index contributed by atoms with van der Waals surface area (Å²) in [7, 11) is 0. The van der Waals surface area contributed by atoms with Crippen LogP contribution in [0.15, 0.2) is 30.9 Å². The van der Waals surface area contributed by atoms with Gasteiger partial charge in [0.2, 0.25) is 0 Å². The van der Waals surface area contributed by atoms with Gasteiger partial charge in [-0.25, -0.2) is 9.97 Å². The summed E-state index contributed by atoms with van der Waals surface area (Å²) in [6.07, 6.45) is 5.39. The third-order valence-corrected chi connectivity index (χ3v) is 3.70. The van der Waals surface area contributed by atoms with E-state index in [4.69, 9.17) is 5.26 Å². The first-order valence-electron chi connectivity index (χ1n) is 7.37. The highest BCUT2D eigenvalue weighted by Crippen LogP contribution is 2.25. The summed E-state index contributed by atoms with van der Waals surface area (Å²) in [5.41, 5.74) is 2.85. The molecule has 7 heteroatoms. The summed E-state index contributed by atoms with van der Waals surface area (Å²) in [5.74, 6) is -0.117. The van der Waals surface area contributed by atoms with Crippen LogP contribution >= 0.6 is 0 Å². The van der Waals surface area contributed by atoms with Crippen molar-refractivity contribution in [2.24, 2.45) is 0 Å². The summed E-state index contributed by atoms with van der Waals surface area (Å²) in [6.45, 7) is 2.88. The molecule has 2 N–H and O–H groups in total. The zero-order chi connectivity index (χ0) is 16.2. The third kappa shape index (κ3) is 2.79. The van der Waals surface area contributed by atoms with Gasteiger partial charge >= 0.3 is 0 Å². The Morgan fingerprint density at radius 2 is 2.26 bits per heavy atom. The number of fused-ring (bicyclic) bond motifs is 1. The summed E-state index contributed by atoms with van der Waals surface area (Å²) in [4.78, 5) is 28.7. The molecule has 0 atom stereocenters. The maximum absolute atomic E-state index is 12.5. The van der Waals surface area contributed by atoms with Crippen molar-refractivity contribution in [1.82, 2.24) is 24.8 Å². The lowest BCUT2D eigenvalue weighted by Gasteiger charge is -2.18. The van der Waals surface area contributed by atoms with Gasteiger partial charge < -0.3 is 14.9 Å². The first kappa shape index (κ1) is 14.8. The zero-order valence-corrected chi connectivity index (χ0v) is 12.7. The lowest BCUT2D eigenvalue weighted by Crippen LogP contribution is -2.31. The quantitative estimate of drug-likeness (QED) is 0.755. The van der Waals surface area contributed by atoms with Crippen molar-refractivity contribution in [2.75, 3.05) is 13.1 Å². The molecule has 0 aliphatic heterocycles. The van der Waals surface area contributed by atoms with E-state index in [-0.39, 0.29) is 5.91 Å². The minimum absolute atomic E-state index is 0.117. The second kappa shape index (κ2) is 6.32. The number of aromatic nitrogens is 4. The standard InChI is InChI=1S/C16H16N6O/c1-2-22(7-3-5-17)16(23)13-8-11(9-19-13)14-12-4-6-18-15(12)21-10-20-14/h4,6,8-10,19H,2-3,7H2,1H3,(H,18,20,21). The van der Waals surface area contributed by atoms with Gasteiger partial charge in [0, 0.05) is 36.4 Å².